The van der Waals surface area contributed by atoms with Gasteiger partial charge in [-0.3, -0.25) is 19.1 Å². The minimum absolute atomic E-state index is 0.0150. The lowest BCUT2D eigenvalue weighted by Crippen LogP contribution is -2.57. The van der Waals surface area contributed by atoms with E-state index in [-0.39, 0.29) is 24.6 Å². The molecule has 5 atom stereocenters. The van der Waals surface area contributed by atoms with Crippen LogP contribution in [0.25, 0.3) is 10.2 Å². The summed E-state index contributed by atoms with van der Waals surface area (Å²) in [6, 6.07) is 8.15. The highest BCUT2D eigenvalue weighted by atomic mass is 32.2. The molecule has 3 heterocycles. The summed E-state index contributed by atoms with van der Waals surface area (Å²) >= 11 is 1.14. The Bertz CT molecular complexity index is 1920. The zero-order chi connectivity index (χ0) is 34.3. The third-order valence-corrected chi connectivity index (χ3v) is 12.3. The Morgan fingerprint density at radius 1 is 1.06 bits per heavy atom. The lowest BCUT2D eigenvalue weighted by Gasteiger charge is -2.30. The molecule has 0 radical (unpaired) electrons. The number of thiazole rings is 1. The molecule has 1 aromatic heterocycles. The van der Waals surface area contributed by atoms with Crippen LogP contribution in [0.4, 0.5) is 14.5 Å². The molecule has 7 rings (SSSR count). The molecule has 0 spiro atoms. The minimum Gasteiger partial charge on any atom is -0.465 e. The molecule has 1 saturated heterocycles. The van der Waals surface area contributed by atoms with Crippen molar-refractivity contribution in [3.63, 3.8) is 0 Å². The highest BCUT2D eigenvalue weighted by molar-refractivity contribution is 7.91. The van der Waals surface area contributed by atoms with Crippen LogP contribution in [0.1, 0.15) is 57.8 Å². The lowest BCUT2D eigenvalue weighted by molar-refractivity contribution is -0.140. The number of allylic oxidation sites excluding steroid dienone is 1. The van der Waals surface area contributed by atoms with Crippen LogP contribution >= 0.6 is 11.3 Å². The smallest absolute Gasteiger partial charge is 0.274 e. The summed E-state index contributed by atoms with van der Waals surface area (Å²) in [6.07, 6.45) is 7.81. The number of amides is 3. The van der Waals surface area contributed by atoms with Crippen molar-refractivity contribution in [3.05, 3.63) is 66.3 Å². The van der Waals surface area contributed by atoms with E-state index in [1.54, 1.807) is 18.2 Å². The van der Waals surface area contributed by atoms with E-state index in [2.05, 4.69) is 20.3 Å². The summed E-state index contributed by atoms with van der Waals surface area (Å²) in [5.41, 5.74) is -0.522. The van der Waals surface area contributed by atoms with Gasteiger partial charge in [0.1, 0.15) is 35.4 Å². The number of fused-ring (bicyclic) bond motifs is 3. The van der Waals surface area contributed by atoms with Crippen molar-refractivity contribution in [2.75, 3.05) is 11.9 Å². The normalized spacial score (nSPS) is 28.4. The molecule has 2 aliphatic heterocycles. The van der Waals surface area contributed by atoms with Gasteiger partial charge >= 0.3 is 0 Å². The van der Waals surface area contributed by atoms with Gasteiger partial charge < -0.3 is 20.3 Å². The number of sulfonamides is 1. The van der Waals surface area contributed by atoms with Crippen LogP contribution < -0.4 is 20.1 Å². The predicted octanol–water partition coefficient (Wildman–Crippen LogP) is 4.41. The Morgan fingerprint density at radius 2 is 1.88 bits per heavy atom. The molecular formula is C34H37F2N5O6S2. The third-order valence-electron chi connectivity index (χ3n) is 9.61. The van der Waals surface area contributed by atoms with E-state index in [9.17, 15) is 31.6 Å². The van der Waals surface area contributed by atoms with E-state index in [1.807, 2.05) is 12.2 Å². The standard InChI is InChI=1S/C34H37F2N5O6S2/c35-21-8-6-9-23(15-21)37-27-10-5-3-1-2-4-7-20-18-34(20,32(44)40-49(45,46)25-12-13-25)39-30(42)28-17-24(19-41(28)31(27)43)47-33-38-26-14-11-22(36)16-29(26)48-33/h4,6-9,11,14-16,20,24-25,27-28,37H,1-3,5,10,12-13,17-19H2,(H,39,42)(H,40,44)/b7-4-/t20-,24+,27-,28-,34+/m0/s1. The number of halogens is 2. The Hall–Kier alpha value is -4.11. The summed E-state index contributed by atoms with van der Waals surface area (Å²) in [5.74, 6) is -3.08. The molecule has 2 aromatic carbocycles. The molecular weight excluding hydrogens is 677 g/mol. The van der Waals surface area contributed by atoms with Gasteiger partial charge in [-0.15, -0.1) is 0 Å². The van der Waals surface area contributed by atoms with E-state index in [1.165, 1.54) is 29.2 Å². The second-order valence-corrected chi connectivity index (χ2v) is 16.2. The number of carbonyl (C=O) groups excluding carboxylic acids is 3. The average Bonchev–Trinajstić information content (AvgIpc) is 3.95. The number of anilines is 1. The molecule has 11 nitrogen and oxygen atoms in total. The van der Waals surface area contributed by atoms with Crippen LogP contribution in [0.3, 0.4) is 0 Å². The van der Waals surface area contributed by atoms with Crippen LogP contribution in [0.5, 0.6) is 5.19 Å². The van der Waals surface area contributed by atoms with Gasteiger partial charge in [0.25, 0.3) is 11.1 Å². The monoisotopic (exact) mass is 713 g/mol. The van der Waals surface area contributed by atoms with Crippen LogP contribution in [0.2, 0.25) is 0 Å². The van der Waals surface area contributed by atoms with Crippen molar-refractivity contribution in [1.29, 1.82) is 0 Å². The topological polar surface area (TPSA) is 147 Å². The third kappa shape index (κ3) is 7.28. The molecule has 3 aromatic rings. The first-order valence-electron chi connectivity index (χ1n) is 16.6. The molecule has 0 unspecified atom stereocenters. The first-order valence-corrected chi connectivity index (χ1v) is 19.0. The van der Waals surface area contributed by atoms with Crippen molar-refractivity contribution in [2.45, 2.75) is 86.8 Å². The summed E-state index contributed by atoms with van der Waals surface area (Å²) in [7, 11) is -3.88. The first kappa shape index (κ1) is 33.4. The molecule has 3 N–H and O–H groups in total. The van der Waals surface area contributed by atoms with Gasteiger partial charge in [0.15, 0.2) is 0 Å². The molecule has 260 valence electrons. The number of hydrogen-bond donors (Lipinski definition) is 3. The lowest BCUT2D eigenvalue weighted by atomic mass is 10.0. The Labute approximate surface area is 286 Å². The van der Waals surface area contributed by atoms with Gasteiger partial charge in [-0.05, 0) is 74.9 Å². The van der Waals surface area contributed by atoms with E-state index in [0.717, 1.165) is 24.2 Å². The number of nitrogens with one attached hydrogen (secondary N) is 3. The van der Waals surface area contributed by atoms with E-state index < -0.39 is 74.3 Å². The average molecular weight is 714 g/mol. The van der Waals surface area contributed by atoms with Gasteiger partial charge in [-0.1, -0.05) is 42.4 Å². The second kappa shape index (κ2) is 13.3. The van der Waals surface area contributed by atoms with E-state index in [0.29, 0.717) is 48.0 Å². The molecule has 2 aliphatic carbocycles. The Balaban J connectivity index is 1.18. The van der Waals surface area contributed by atoms with Crippen LogP contribution in [-0.2, 0) is 24.4 Å². The summed E-state index contributed by atoms with van der Waals surface area (Å²) in [6.45, 7) is 0.0150. The predicted molar refractivity (Wildman–Crippen MR) is 179 cm³/mol. The highest BCUT2D eigenvalue weighted by Gasteiger charge is 2.62. The van der Waals surface area contributed by atoms with E-state index in [4.69, 9.17) is 4.74 Å². The molecule has 3 fully saturated rings. The fraction of sp³-hybridized carbons (Fsp3) is 0.471. The maximum Gasteiger partial charge on any atom is 0.274 e. The number of carbonyl (C=O) groups is 3. The summed E-state index contributed by atoms with van der Waals surface area (Å²) in [4.78, 5) is 48.0. The number of aromatic nitrogens is 1. The molecule has 3 amide bonds. The molecule has 2 saturated carbocycles. The van der Waals surface area contributed by atoms with Crippen molar-refractivity contribution in [2.24, 2.45) is 5.92 Å². The van der Waals surface area contributed by atoms with Crippen LogP contribution in [0.15, 0.2) is 54.6 Å². The number of rotatable bonds is 7. The van der Waals surface area contributed by atoms with Gasteiger partial charge in [0, 0.05) is 18.0 Å². The number of nitrogens with zero attached hydrogens (tertiary/aromatic N) is 2. The zero-order valence-electron chi connectivity index (χ0n) is 26.6. The number of hydrogen-bond acceptors (Lipinski definition) is 9. The maximum absolute atomic E-state index is 14.4. The number of ether oxygens (including phenoxy) is 1. The minimum atomic E-state index is -3.88. The SMILES string of the molecule is O=C1N[C@]2(C(=O)NS(=O)(=O)C3CC3)C[C@@H]2/C=C\CCCCC[C@H](Nc2cccc(F)c2)C(=O)N2C[C@H](Oc3nc4ccc(F)cc4s3)C[C@@H]12. The highest BCUT2D eigenvalue weighted by Crippen LogP contribution is 2.46. The maximum atomic E-state index is 14.4. The molecule has 49 heavy (non-hydrogen) atoms. The number of benzene rings is 2. The fourth-order valence-corrected chi connectivity index (χ4v) is 8.97. The summed E-state index contributed by atoms with van der Waals surface area (Å²) < 4.78 is 62.4. The first-order chi connectivity index (χ1) is 23.5. The Kier molecular flexibility index (Phi) is 9.07. The quantitative estimate of drug-likeness (QED) is 0.306. The second-order valence-electron chi connectivity index (χ2n) is 13.3. The zero-order valence-corrected chi connectivity index (χ0v) is 28.2. The molecule has 15 heteroatoms. The fourth-order valence-electron chi connectivity index (χ4n) is 6.70. The van der Waals surface area contributed by atoms with Gasteiger partial charge in [0.05, 0.1) is 22.0 Å². The van der Waals surface area contributed by atoms with Crippen molar-refractivity contribution < 1.29 is 36.3 Å². The van der Waals surface area contributed by atoms with Gasteiger partial charge in [-0.2, -0.15) is 0 Å². The molecule has 0 bridgehead atoms. The largest absolute Gasteiger partial charge is 0.465 e. The van der Waals surface area contributed by atoms with Crippen LogP contribution in [0, 0.1) is 17.6 Å². The Morgan fingerprint density at radius 3 is 2.67 bits per heavy atom. The molecule has 4 aliphatic rings. The van der Waals surface area contributed by atoms with E-state index >= 15 is 0 Å². The van der Waals surface area contributed by atoms with Crippen LogP contribution in [-0.4, -0.2) is 71.5 Å². The van der Waals surface area contributed by atoms with Gasteiger partial charge in [0.2, 0.25) is 21.8 Å². The van der Waals surface area contributed by atoms with Crippen molar-refractivity contribution >= 4 is 55.0 Å². The summed E-state index contributed by atoms with van der Waals surface area (Å²) in [5, 5.41) is 5.65. The van der Waals surface area contributed by atoms with Crippen molar-refractivity contribution in [1.82, 2.24) is 19.9 Å². The van der Waals surface area contributed by atoms with Crippen molar-refractivity contribution in [3.8, 4) is 5.19 Å². The van der Waals surface area contributed by atoms with Gasteiger partial charge in [-0.25, -0.2) is 22.2 Å².